The van der Waals surface area contributed by atoms with Gasteiger partial charge in [-0.3, -0.25) is 9.69 Å². The molecular weight excluding hydrogens is 374 g/mol. The number of ether oxygens (including phenoxy) is 2. The lowest BCUT2D eigenvalue weighted by Crippen LogP contribution is -2.39. The fraction of sp³-hybridized carbons (Fsp3) is 0.429. The highest BCUT2D eigenvalue weighted by Crippen LogP contribution is 2.50. The summed E-state index contributed by atoms with van der Waals surface area (Å²) in [6, 6.07) is 6.10. The Kier molecular flexibility index (Phi) is 4.36. The summed E-state index contributed by atoms with van der Waals surface area (Å²) >= 11 is 1.66. The van der Waals surface area contributed by atoms with Gasteiger partial charge >= 0.3 is 0 Å². The van der Waals surface area contributed by atoms with E-state index in [2.05, 4.69) is 22.5 Å². The minimum atomic E-state index is -0.378. The van der Waals surface area contributed by atoms with E-state index < -0.39 is 0 Å². The number of hydrogen-bond donors (Lipinski definition) is 0. The van der Waals surface area contributed by atoms with Crippen molar-refractivity contribution in [1.82, 2.24) is 14.8 Å². The molecule has 5 rings (SSSR count). The first-order valence-corrected chi connectivity index (χ1v) is 10.5. The van der Waals surface area contributed by atoms with E-state index in [1.165, 1.54) is 5.56 Å². The van der Waals surface area contributed by atoms with E-state index in [1.54, 1.807) is 11.3 Å². The summed E-state index contributed by atoms with van der Waals surface area (Å²) in [6.07, 6.45) is 4.53. The molecule has 0 N–H and O–H groups in total. The molecule has 2 aromatic rings. The Balaban J connectivity index is 1.41. The summed E-state index contributed by atoms with van der Waals surface area (Å²) < 4.78 is 10.9. The van der Waals surface area contributed by atoms with Crippen molar-refractivity contribution in [2.75, 3.05) is 33.0 Å². The van der Waals surface area contributed by atoms with Crippen molar-refractivity contribution in [2.24, 2.45) is 5.41 Å². The Bertz CT molecular complexity index is 900. The molecule has 2 saturated heterocycles. The Morgan fingerprint density at radius 1 is 1.36 bits per heavy atom. The first-order chi connectivity index (χ1) is 13.7. The van der Waals surface area contributed by atoms with Crippen LogP contribution >= 0.6 is 11.3 Å². The minimum absolute atomic E-state index is 0.142. The van der Waals surface area contributed by atoms with Crippen LogP contribution in [0, 0.1) is 5.41 Å². The molecule has 1 aromatic heterocycles. The third-order valence-electron chi connectivity index (χ3n) is 6.10. The maximum absolute atomic E-state index is 13.4. The van der Waals surface area contributed by atoms with Gasteiger partial charge in [0.25, 0.3) is 0 Å². The standard InChI is InChI=1S/C21H23N3O3S/c1-2-7-24-8-5-21(20(24)25)13-23(12-16(21)19-22-6-9-28-19)11-15-3-4-17-18(10-15)27-14-26-17/h2-4,6,9-10,16H,1,5,7-8,11-14H2/t16-,21+/m1/s1. The topological polar surface area (TPSA) is 54.9 Å². The van der Waals surface area contributed by atoms with Crippen molar-refractivity contribution in [3.8, 4) is 11.5 Å². The Morgan fingerprint density at radius 2 is 2.25 bits per heavy atom. The van der Waals surface area contributed by atoms with E-state index in [0.717, 1.165) is 49.1 Å². The van der Waals surface area contributed by atoms with Crippen LogP contribution in [0.5, 0.6) is 11.5 Å². The summed E-state index contributed by atoms with van der Waals surface area (Å²) in [6.45, 7) is 7.89. The molecule has 2 atom stereocenters. The van der Waals surface area contributed by atoms with Gasteiger partial charge in [-0.05, 0) is 24.1 Å². The van der Waals surface area contributed by atoms with Gasteiger partial charge in [0.1, 0.15) is 0 Å². The van der Waals surface area contributed by atoms with Gasteiger partial charge in [-0.1, -0.05) is 12.1 Å². The quantitative estimate of drug-likeness (QED) is 0.726. The first kappa shape index (κ1) is 17.7. The molecule has 0 unspecified atom stereocenters. The van der Waals surface area contributed by atoms with Crippen LogP contribution < -0.4 is 9.47 Å². The summed E-state index contributed by atoms with van der Waals surface area (Å²) in [5.41, 5.74) is 0.796. The number of fused-ring (bicyclic) bond motifs is 1. The molecule has 7 heteroatoms. The van der Waals surface area contributed by atoms with E-state index in [-0.39, 0.29) is 24.0 Å². The number of hydrogen-bond acceptors (Lipinski definition) is 6. The molecule has 4 heterocycles. The van der Waals surface area contributed by atoms with E-state index in [9.17, 15) is 4.79 Å². The van der Waals surface area contributed by atoms with Crippen LogP contribution in [-0.2, 0) is 11.3 Å². The van der Waals surface area contributed by atoms with Crippen molar-refractivity contribution < 1.29 is 14.3 Å². The molecule has 3 aliphatic heterocycles. The Hall–Kier alpha value is -2.38. The SMILES string of the molecule is C=CCN1CC[C@@]2(CN(Cc3ccc4c(c3)OCO4)C[C@@H]2c2nccs2)C1=O. The molecule has 1 amide bonds. The van der Waals surface area contributed by atoms with Crippen LogP contribution in [0.1, 0.15) is 22.9 Å². The fourth-order valence-corrected chi connectivity index (χ4v) is 5.65. The zero-order valence-electron chi connectivity index (χ0n) is 15.7. The number of amides is 1. The largest absolute Gasteiger partial charge is 0.454 e. The number of benzene rings is 1. The van der Waals surface area contributed by atoms with Crippen molar-refractivity contribution >= 4 is 17.2 Å². The minimum Gasteiger partial charge on any atom is -0.454 e. The van der Waals surface area contributed by atoms with Gasteiger partial charge in [-0.2, -0.15) is 0 Å². The first-order valence-electron chi connectivity index (χ1n) is 9.60. The molecule has 3 aliphatic rings. The molecule has 6 nitrogen and oxygen atoms in total. The van der Waals surface area contributed by atoms with Crippen molar-refractivity contribution in [3.63, 3.8) is 0 Å². The molecule has 1 spiro atoms. The monoisotopic (exact) mass is 397 g/mol. The molecule has 2 fully saturated rings. The number of nitrogens with zero attached hydrogens (tertiary/aromatic N) is 3. The second-order valence-electron chi connectivity index (χ2n) is 7.73. The summed E-state index contributed by atoms with van der Waals surface area (Å²) in [5.74, 6) is 2.00. The Labute approximate surface area is 168 Å². The van der Waals surface area contributed by atoms with Gasteiger partial charge in [-0.15, -0.1) is 17.9 Å². The van der Waals surface area contributed by atoms with Crippen LogP contribution in [-0.4, -0.2) is 53.7 Å². The predicted octanol–water partition coefficient (Wildman–Crippen LogP) is 2.88. The number of carbonyl (C=O) groups is 1. The maximum atomic E-state index is 13.4. The lowest BCUT2D eigenvalue weighted by atomic mass is 9.77. The smallest absolute Gasteiger partial charge is 0.231 e. The summed E-state index contributed by atoms with van der Waals surface area (Å²) in [4.78, 5) is 22.3. The number of thiazole rings is 1. The fourth-order valence-electron chi connectivity index (χ4n) is 4.80. The third-order valence-corrected chi connectivity index (χ3v) is 6.99. The molecular formula is C21H23N3O3S. The Morgan fingerprint density at radius 3 is 3.07 bits per heavy atom. The lowest BCUT2D eigenvalue weighted by molar-refractivity contribution is -0.135. The number of aromatic nitrogens is 1. The molecule has 146 valence electrons. The van der Waals surface area contributed by atoms with Crippen molar-refractivity contribution in [1.29, 1.82) is 0 Å². The maximum Gasteiger partial charge on any atom is 0.231 e. The zero-order valence-corrected chi connectivity index (χ0v) is 16.5. The van der Waals surface area contributed by atoms with E-state index in [1.807, 2.05) is 34.7 Å². The average Bonchev–Trinajstić information content (AvgIpc) is 3.46. The molecule has 0 radical (unpaired) electrons. The highest BCUT2D eigenvalue weighted by atomic mass is 32.1. The number of rotatable bonds is 5. The van der Waals surface area contributed by atoms with E-state index in [0.29, 0.717) is 6.54 Å². The third kappa shape index (κ3) is 2.81. The average molecular weight is 398 g/mol. The van der Waals surface area contributed by atoms with Gasteiger partial charge in [-0.25, -0.2) is 4.98 Å². The number of carbonyl (C=O) groups excluding carboxylic acids is 1. The van der Waals surface area contributed by atoms with Crippen molar-refractivity contribution in [3.05, 3.63) is 53.0 Å². The number of likely N-dealkylation sites (tertiary alicyclic amines) is 2. The van der Waals surface area contributed by atoms with Gasteiger partial charge in [0.2, 0.25) is 12.7 Å². The van der Waals surface area contributed by atoms with Crippen molar-refractivity contribution in [2.45, 2.75) is 18.9 Å². The summed E-state index contributed by atoms with van der Waals surface area (Å²) in [7, 11) is 0. The normalized spacial score (nSPS) is 26.5. The molecule has 0 saturated carbocycles. The van der Waals surface area contributed by atoms with Crippen LogP contribution in [0.25, 0.3) is 0 Å². The van der Waals surface area contributed by atoms with E-state index >= 15 is 0 Å². The highest BCUT2D eigenvalue weighted by molar-refractivity contribution is 7.09. The highest BCUT2D eigenvalue weighted by Gasteiger charge is 2.57. The summed E-state index contributed by atoms with van der Waals surface area (Å²) in [5, 5.41) is 3.08. The van der Waals surface area contributed by atoms with Gasteiger partial charge < -0.3 is 14.4 Å². The molecule has 1 aromatic carbocycles. The predicted molar refractivity (Wildman–Crippen MR) is 107 cm³/mol. The zero-order chi connectivity index (χ0) is 19.1. The van der Waals surface area contributed by atoms with Gasteiger partial charge in [0.05, 0.1) is 10.4 Å². The molecule has 0 aliphatic carbocycles. The van der Waals surface area contributed by atoms with Crippen LogP contribution in [0.15, 0.2) is 42.4 Å². The van der Waals surface area contributed by atoms with Gasteiger partial charge in [0.15, 0.2) is 11.5 Å². The molecule has 0 bridgehead atoms. The lowest BCUT2D eigenvalue weighted by Gasteiger charge is -2.27. The molecule has 28 heavy (non-hydrogen) atoms. The second-order valence-corrected chi connectivity index (χ2v) is 8.65. The van der Waals surface area contributed by atoms with Gasteiger partial charge in [0, 0.05) is 50.2 Å². The van der Waals surface area contributed by atoms with Crippen LogP contribution in [0.3, 0.4) is 0 Å². The van der Waals surface area contributed by atoms with Crippen LogP contribution in [0.4, 0.5) is 0 Å². The second kappa shape index (κ2) is 6.90. The van der Waals surface area contributed by atoms with E-state index in [4.69, 9.17) is 9.47 Å². The van der Waals surface area contributed by atoms with Crippen LogP contribution in [0.2, 0.25) is 0 Å².